The van der Waals surface area contributed by atoms with Crippen LogP contribution in [0.3, 0.4) is 0 Å². The van der Waals surface area contributed by atoms with E-state index in [4.69, 9.17) is 0 Å². The fourth-order valence-electron chi connectivity index (χ4n) is 4.16. The molecule has 0 amide bonds. The van der Waals surface area contributed by atoms with Gasteiger partial charge in [0.25, 0.3) is 0 Å². The summed E-state index contributed by atoms with van der Waals surface area (Å²) in [6.45, 7) is 12.3. The Balaban J connectivity index is 3.12. The third-order valence-electron chi connectivity index (χ3n) is 6.34. The van der Waals surface area contributed by atoms with E-state index in [1.54, 1.807) is 0 Å². The van der Waals surface area contributed by atoms with Crippen molar-refractivity contribution in [3.05, 3.63) is 6.92 Å². The first-order chi connectivity index (χ1) is 14.8. The van der Waals surface area contributed by atoms with Crippen LogP contribution >= 0.6 is 0 Å². The maximum Gasteiger partial charge on any atom is 0.00797 e. The van der Waals surface area contributed by atoms with Crippen LogP contribution in [0.4, 0.5) is 0 Å². The Morgan fingerprint density at radius 3 is 1.27 bits per heavy atom. The highest BCUT2D eigenvalue weighted by Crippen LogP contribution is 2.11. The Morgan fingerprint density at radius 2 is 0.833 bits per heavy atom. The van der Waals surface area contributed by atoms with Crippen molar-refractivity contribution >= 4 is 0 Å². The van der Waals surface area contributed by atoms with Crippen LogP contribution in [0.25, 0.3) is 0 Å². The summed E-state index contributed by atoms with van der Waals surface area (Å²) >= 11 is 0. The van der Waals surface area contributed by atoms with E-state index in [2.05, 4.69) is 31.4 Å². The summed E-state index contributed by atoms with van der Waals surface area (Å²) in [5, 5.41) is 7.20. The van der Waals surface area contributed by atoms with Gasteiger partial charge in [-0.3, -0.25) is 0 Å². The summed E-state index contributed by atoms with van der Waals surface area (Å²) in [6, 6.07) is 0.406. The van der Waals surface area contributed by atoms with Gasteiger partial charge in [0.05, 0.1) is 0 Å². The van der Waals surface area contributed by atoms with Crippen molar-refractivity contribution in [2.75, 3.05) is 19.6 Å². The standard InChI is InChI=1S/C28H59N2/c1-4-6-8-10-12-14-16-18-20-22-25-29-27-24-28(3)30-26-23-21-19-17-15-13-11-9-7-5-2/h28-30H,3-27H2,1-2H3. The van der Waals surface area contributed by atoms with E-state index in [-0.39, 0.29) is 0 Å². The summed E-state index contributed by atoms with van der Waals surface area (Å²) in [7, 11) is 0. The van der Waals surface area contributed by atoms with E-state index in [1.165, 1.54) is 135 Å². The molecule has 1 radical (unpaired) electrons. The highest BCUT2D eigenvalue weighted by molar-refractivity contribution is 4.70. The minimum Gasteiger partial charge on any atom is -0.317 e. The SMILES string of the molecule is [CH2]C(CCNCCCCCCCCCCCC)NCCCCCCCCCCCC. The predicted octanol–water partition coefficient (Wildman–Crippen LogP) is 8.60. The molecule has 0 bridgehead atoms. The lowest BCUT2D eigenvalue weighted by atomic mass is 10.1. The molecule has 0 rings (SSSR count). The van der Waals surface area contributed by atoms with Gasteiger partial charge in [-0.15, -0.1) is 0 Å². The number of nitrogens with one attached hydrogen (secondary N) is 2. The summed E-state index contributed by atoms with van der Waals surface area (Å²) < 4.78 is 0. The number of hydrogen-bond donors (Lipinski definition) is 2. The van der Waals surface area contributed by atoms with Gasteiger partial charge in [-0.05, 0) is 45.8 Å². The molecule has 0 spiro atoms. The fourth-order valence-corrected chi connectivity index (χ4v) is 4.16. The minimum atomic E-state index is 0.406. The van der Waals surface area contributed by atoms with E-state index in [9.17, 15) is 0 Å². The zero-order valence-electron chi connectivity index (χ0n) is 21.3. The molecule has 1 atom stereocenters. The molecular formula is C28H59N2. The zero-order chi connectivity index (χ0) is 22.0. The Morgan fingerprint density at radius 1 is 0.467 bits per heavy atom. The first-order valence-electron chi connectivity index (χ1n) is 14.1. The molecule has 2 nitrogen and oxygen atoms in total. The van der Waals surface area contributed by atoms with Gasteiger partial charge in [0.2, 0.25) is 0 Å². The quantitative estimate of drug-likeness (QED) is 0.136. The maximum absolute atomic E-state index is 4.26. The monoisotopic (exact) mass is 423 g/mol. The molecule has 0 aromatic rings. The largest absolute Gasteiger partial charge is 0.317 e. The molecular weight excluding hydrogens is 364 g/mol. The van der Waals surface area contributed by atoms with Crippen molar-refractivity contribution in [3.63, 3.8) is 0 Å². The van der Waals surface area contributed by atoms with E-state index in [0.29, 0.717) is 6.04 Å². The Labute approximate surface area is 192 Å². The summed E-state index contributed by atoms with van der Waals surface area (Å²) in [5.41, 5.74) is 0. The first kappa shape index (κ1) is 29.9. The molecule has 1 unspecified atom stereocenters. The fraction of sp³-hybridized carbons (Fsp3) is 0.964. The lowest BCUT2D eigenvalue weighted by molar-refractivity contribution is 0.491. The van der Waals surface area contributed by atoms with Crippen LogP contribution in [0.2, 0.25) is 0 Å². The normalized spacial score (nSPS) is 12.5. The van der Waals surface area contributed by atoms with Crippen LogP contribution in [0.1, 0.15) is 149 Å². The Bertz CT molecular complexity index is 292. The molecule has 0 heterocycles. The molecule has 0 fully saturated rings. The van der Waals surface area contributed by atoms with Crippen molar-refractivity contribution in [1.82, 2.24) is 10.6 Å². The van der Waals surface area contributed by atoms with Gasteiger partial charge in [0.15, 0.2) is 0 Å². The van der Waals surface area contributed by atoms with E-state index in [0.717, 1.165) is 19.5 Å². The number of hydrogen-bond acceptors (Lipinski definition) is 2. The molecule has 0 saturated heterocycles. The van der Waals surface area contributed by atoms with Gasteiger partial charge in [-0.1, -0.05) is 129 Å². The van der Waals surface area contributed by atoms with Crippen LogP contribution in [-0.4, -0.2) is 25.7 Å². The molecule has 2 heteroatoms. The van der Waals surface area contributed by atoms with Gasteiger partial charge in [-0.2, -0.15) is 0 Å². The van der Waals surface area contributed by atoms with E-state index < -0.39 is 0 Å². The average molecular weight is 424 g/mol. The Hall–Kier alpha value is -0.0800. The smallest absolute Gasteiger partial charge is 0.00797 e. The first-order valence-corrected chi connectivity index (χ1v) is 14.1. The van der Waals surface area contributed by atoms with Gasteiger partial charge < -0.3 is 10.6 Å². The predicted molar refractivity (Wildman–Crippen MR) is 138 cm³/mol. The molecule has 181 valence electrons. The summed E-state index contributed by atoms with van der Waals surface area (Å²) in [4.78, 5) is 0. The minimum absolute atomic E-state index is 0.406. The second-order valence-corrected chi connectivity index (χ2v) is 9.55. The maximum atomic E-state index is 4.26. The van der Waals surface area contributed by atoms with E-state index >= 15 is 0 Å². The lowest BCUT2D eigenvalue weighted by Crippen LogP contribution is -2.31. The van der Waals surface area contributed by atoms with Crippen molar-refractivity contribution in [1.29, 1.82) is 0 Å². The van der Waals surface area contributed by atoms with Gasteiger partial charge in [-0.25, -0.2) is 0 Å². The van der Waals surface area contributed by atoms with Crippen LogP contribution in [0.5, 0.6) is 0 Å². The van der Waals surface area contributed by atoms with Crippen LogP contribution < -0.4 is 10.6 Å². The van der Waals surface area contributed by atoms with Crippen molar-refractivity contribution in [3.8, 4) is 0 Å². The summed E-state index contributed by atoms with van der Waals surface area (Å²) in [5.74, 6) is 0. The molecule has 0 aromatic heterocycles. The lowest BCUT2D eigenvalue weighted by Gasteiger charge is -2.14. The van der Waals surface area contributed by atoms with Crippen LogP contribution in [-0.2, 0) is 0 Å². The third kappa shape index (κ3) is 26.0. The van der Waals surface area contributed by atoms with Crippen LogP contribution in [0.15, 0.2) is 0 Å². The van der Waals surface area contributed by atoms with E-state index in [1.807, 2.05) is 0 Å². The molecule has 30 heavy (non-hydrogen) atoms. The molecule has 0 saturated carbocycles. The topological polar surface area (TPSA) is 24.1 Å². The van der Waals surface area contributed by atoms with Gasteiger partial charge in [0, 0.05) is 6.04 Å². The molecule has 0 aliphatic rings. The number of rotatable bonds is 26. The average Bonchev–Trinajstić information content (AvgIpc) is 2.75. The number of unbranched alkanes of at least 4 members (excludes halogenated alkanes) is 18. The van der Waals surface area contributed by atoms with Crippen LogP contribution in [0, 0.1) is 6.92 Å². The Kier molecular flexibility index (Phi) is 26.9. The second-order valence-electron chi connectivity index (χ2n) is 9.55. The highest BCUT2D eigenvalue weighted by atomic mass is 14.9. The molecule has 2 N–H and O–H groups in total. The zero-order valence-corrected chi connectivity index (χ0v) is 21.3. The van der Waals surface area contributed by atoms with Crippen molar-refractivity contribution < 1.29 is 0 Å². The van der Waals surface area contributed by atoms with Crippen molar-refractivity contribution in [2.45, 2.75) is 155 Å². The second kappa shape index (κ2) is 27.0. The molecule has 0 aromatic carbocycles. The molecule has 0 aliphatic carbocycles. The molecule has 0 aliphatic heterocycles. The van der Waals surface area contributed by atoms with Gasteiger partial charge >= 0.3 is 0 Å². The third-order valence-corrected chi connectivity index (χ3v) is 6.34. The van der Waals surface area contributed by atoms with Gasteiger partial charge in [0.1, 0.15) is 0 Å². The highest BCUT2D eigenvalue weighted by Gasteiger charge is 2.01. The summed E-state index contributed by atoms with van der Waals surface area (Å²) in [6.07, 6.45) is 29.4. The van der Waals surface area contributed by atoms with Crippen molar-refractivity contribution in [2.24, 2.45) is 0 Å².